The van der Waals surface area contributed by atoms with E-state index in [0.717, 1.165) is 24.8 Å². The van der Waals surface area contributed by atoms with Crippen LogP contribution >= 0.6 is 0 Å². The second-order valence-electron chi connectivity index (χ2n) is 10.6. The quantitative estimate of drug-likeness (QED) is 0.324. The molecule has 1 amide bonds. The number of hydrogen-bond donors (Lipinski definition) is 0. The molecule has 0 radical (unpaired) electrons. The van der Waals surface area contributed by atoms with Crippen molar-refractivity contribution in [1.29, 1.82) is 0 Å². The molecule has 6 heteroatoms. The summed E-state index contributed by atoms with van der Waals surface area (Å²) in [4.78, 5) is 40.3. The van der Waals surface area contributed by atoms with Crippen LogP contribution in [0.2, 0.25) is 0 Å². The summed E-state index contributed by atoms with van der Waals surface area (Å²) in [7, 11) is 3.26. The molecular formula is C28H49NO5. The van der Waals surface area contributed by atoms with Crippen molar-refractivity contribution in [1.82, 2.24) is 4.90 Å². The molecule has 0 aromatic heterocycles. The number of Topliss-reactive ketones (excluding diaryl/α,β-unsaturated/α-hetero) is 2. The highest BCUT2D eigenvalue weighted by Gasteiger charge is 2.40. The van der Waals surface area contributed by atoms with Crippen LogP contribution in [0.3, 0.4) is 0 Å². The standard InChI is InChI=1S/C28H49NO5/c1-11-18(4)23(15-19(5)27(32)20(6)17(2)3)25(33-9)16-26(31)29-14-12-13-24(29)28(34-10)21(7)22(8)30/h15,17-18,20-21,23-25,28H,11-14,16H2,1-10H3/b19-15+/t18-,20-,21?,23-,24-,25+,28+/m0/s1. The Hall–Kier alpha value is -1.53. The molecule has 1 aliphatic rings. The second-order valence-corrected chi connectivity index (χ2v) is 10.6. The van der Waals surface area contributed by atoms with Crippen molar-refractivity contribution < 1.29 is 23.9 Å². The topological polar surface area (TPSA) is 72.9 Å². The second kappa shape index (κ2) is 14.1. The Morgan fingerprint density at radius 2 is 1.62 bits per heavy atom. The first kappa shape index (κ1) is 30.5. The number of carbonyl (C=O) groups is 3. The third-order valence-corrected chi connectivity index (χ3v) is 8.06. The average Bonchev–Trinajstić information content (AvgIpc) is 3.29. The van der Waals surface area contributed by atoms with E-state index in [1.807, 2.05) is 31.7 Å². The molecular weight excluding hydrogens is 430 g/mol. The summed E-state index contributed by atoms with van der Waals surface area (Å²) in [6.07, 6.45) is 4.28. The van der Waals surface area contributed by atoms with Crippen LogP contribution < -0.4 is 0 Å². The third-order valence-electron chi connectivity index (χ3n) is 8.06. The van der Waals surface area contributed by atoms with Gasteiger partial charge in [-0.3, -0.25) is 14.4 Å². The van der Waals surface area contributed by atoms with E-state index in [0.29, 0.717) is 6.54 Å². The van der Waals surface area contributed by atoms with Gasteiger partial charge >= 0.3 is 0 Å². The predicted molar refractivity (Wildman–Crippen MR) is 137 cm³/mol. The number of nitrogens with zero attached hydrogens (tertiary/aromatic N) is 1. The molecule has 0 bridgehead atoms. The number of ether oxygens (including phenoxy) is 2. The minimum atomic E-state index is -0.327. The number of methoxy groups -OCH3 is 2. The monoisotopic (exact) mass is 479 g/mol. The van der Waals surface area contributed by atoms with Gasteiger partial charge in [-0.25, -0.2) is 0 Å². The van der Waals surface area contributed by atoms with Gasteiger partial charge in [-0.1, -0.05) is 54.0 Å². The van der Waals surface area contributed by atoms with Crippen molar-refractivity contribution in [3.63, 3.8) is 0 Å². The smallest absolute Gasteiger partial charge is 0.225 e. The van der Waals surface area contributed by atoms with Crippen molar-refractivity contribution in [3.05, 3.63) is 11.6 Å². The number of allylic oxidation sites excluding steroid dienone is 1. The minimum Gasteiger partial charge on any atom is -0.380 e. The highest BCUT2D eigenvalue weighted by molar-refractivity contribution is 5.96. The number of carbonyl (C=O) groups excluding carboxylic acids is 3. The van der Waals surface area contributed by atoms with E-state index < -0.39 is 0 Å². The highest BCUT2D eigenvalue weighted by atomic mass is 16.5. The highest BCUT2D eigenvalue weighted by Crippen LogP contribution is 2.31. The van der Waals surface area contributed by atoms with Crippen LogP contribution in [0.1, 0.15) is 81.1 Å². The Labute approximate surface area is 207 Å². The van der Waals surface area contributed by atoms with E-state index in [9.17, 15) is 14.4 Å². The minimum absolute atomic E-state index is 0.0217. The SMILES string of the molecule is CC[C@H](C)[C@H](/C=C(\C)C(=O)[C@@H](C)C(C)C)[C@@H](CC(=O)N1CCC[C@H]1[C@H](OC)C(C)C(C)=O)OC. The first-order chi connectivity index (χ1) is 15.9. The van der Waals surface area contributed by atoms with Gasteiger partial charge in [0, 0.05) is 38.5 Å². The van der Waals surface area contributed by atoms with Crippen molar-refractivity contribution in [2.24, 2.45) is 29.6 Å². The van der Waals surface area contributed by atoms with Gasteiger partial charge in [0.05, 0.1) is 24.7 Å². The van der Waals surface area contributed by atoms with Gasteiger partial charge in [-0.2, -0.15) is 0 Å². The first-order valence-corrected chi connectivity index (χ1v) is 13.0. The fraction of sp³-hybridized carbons (Fsp3) is 0.821. The molecule has 0 N–H and O–H groups in total. The molecule has 0 spiro atoms. The van der Waals surface area contributed by atoms with E-state index >= 15 is 0 Å². The molecule has 7 atom stereocenters. The summed E-state index contributed by atoms with van der Waals surface area (Å²) < 4.78 is 11.6. The molecule has 0 aliphatic carbocycles. The number of likely N-dealkylation sites (tertiary alicyclic amines) is 1. The van der Waals surface area contributed by atoms with Crippen LogP contribution in [0.5, 0.6) is 0 Å². The van der Waals surface area contributed by atoms with Gasteiger partial charge in [-0.15, -0.1) is 0 Å². The molecule has 1 fully saturated rings. The maximum atomic E-state index is 13.5. The molecule has 0 saturated carbocycles. The largest absolute Gasteiger partial charge is 0.380 e. The zero-order chi connectivity index (χ0) is 26.2. The van der Waals surface area contributed by atoms with Crippen LogP contribution in [0.25, 0.3) is 0 Å². The summed E-state index contributed by atoms with van der Waals surface area (Å²) in [6, 6.07) is -0.110. The van der Waals surface area contributed by atoms with Gasteiger partial charge in [0.1, 0.15) is 5.78 Å². The molecule has 1 aliphatic heterocycles. The van der Waals surface area contributed by atoms with E-state index in [4.69, 9.17) is 9.47 Å². The Morgan fingerprint density at radius 3 is 2.09 bits per heavy atom. The summed E-state index contributed by atoms with van der Waals surface area (Å²) in [5, 5.41) is 0. The van der Waals surface area contributed by atoms with Crippen LogP contribution in [-0.4, -0.2) is 61.4 Å². The van der Waals surface area contributed by atoms with E-state index in [2.05, 4.69) is 27.7 Å². The molecule has 34 heavy (non-hydrogen) atoms. The summed E-state index contributed by atoms with van der Waals surface area (Å²) in [5.41, 5.74) is 0.745. The van der Waals surface area contributed by atoms with Crippen molar-refractivity contribution >= 4 is 17.5 Å². The summed E-state index contributed by atoms with van der Waals surface area (Å²) in [5.74, 6) is 0.421. The zero-order valence-electron chi connectivity index (χ0n) is 23.2. The Balaban J connectivity index is 3.13. The number of amides is 1. The molecule has 196 valence electrons. The molecule has 1 rings (SSSR count). The Bertz CT molecular complexity index is 716. The zero-order valence-corrected chi connectivity index (χ0v) is 23.2. The molecule has 1 heterocycles. The lowest BCUT2D eigenvalue weighted by Crippen LogP contribution is -2.48. The van der Waals surface area contributed by atoms with Crippen LogP contribution in [0.15, 0.2) is 11.6 Å². The third kappa shape index (κ3) is 7.74. The molecule has 6 nitrogen and oxygen atoms in total. The number of rotatable bonds is 14. The lowest BCUT2D eigenvalue weighted by molar-refractivity contribution is -0.141. The molecule has 0 aromatic rings. The van der Waals surface area contributed by atoms with Crippen molar-refractivity contribution in [3.8, 4) is 0 Å². The van der Waals surface area contributed by atoms with Crippen molar-refractivity contribution in [2.45, 2.75) is 99.3 Å². The summed E-state index contributed by atoms with van der Waals surface area (Å²) >= 11 is 0. The Kier molecular flexibility index (Phi) is 12.7. The molecule has 0 aromatic carbocycles. The predicted octanol–water partition coefficient (Wildman–Crippen LogP) is 5.09. The van der Waals surface area contributed by atoms with Crippen LogP contribution in [0, 0.1) is 29.6 Å². The number of hydrogen-bond acceptors (Lipinski definition) is 5. The van der Waals surface area contributed by atoms with Gasteiger partial charge in [-0.05, 0) is 44.1 Å². The van der Waals surface area contributed by atoms with E-state index in [1.165, 1.54) is 0 Å². The van der Waals surface area contributed by atoms with E-state index in [-0.39, 0.29) is 71.7 Å². The van der Waals surface area contributed by atoms with Gasteiger partial charge in [0.25, 0.3) is 0 Å². The van der Waals surface area contributed by atoms with Gasteiger partial charge < -0.3 is 14.4 Å². The normalized spacial score (nSPS) is 22.3. The summed E-state index contributed by atoms with van der Waals surface area (Å²) in [6.45, 7) is 16.4. The maximum Gasteiger partial charge on any atom is 0.225 e. The first-order valence-electron chi connectivity index (χ1n) is 13.0. The Morgan fingerprint density at radius 1 is 1.00 bits per heavy atom. The van der Waals surface area contributed by atoms with Crippen molar-refractivity contribution in [2.75, 3.05) is 20.8 Å². The lowest BCUT2D eigenvalue weighted by Gasteiger charge is -2.35. The number of ketones is 2. The lowest BCUT2D eigenvalue weighted by atomic mass is 9.81. The average molecular weight is 480 g/mol. The maximum absolute atomic E-state index is 13.5. The van der Waals surface area contributed by atoms with E-state index in [1.54, 1.807) is 21.1 Å². The fourth-order valence-electron chi connectivity index (χ4n) is 4.98. The van der Waals surface area contributed by atoms with Gasteiger partial charge in [0.2, 0.25) is 5.91 Å². The molecule has 1 unspecified atom stereocenters. The molecule has 1 saturated heterocycles. The van der Waals surface area contributed by atoms with Gasteiger partial charge in [0.15, 0.2) is 5.78 Å². The fourth-order valence-corrected chi connectivity index (χ4v) is 4.98. The van der Waals surface area contributed by atoms with Crippen LogP contribution in [-0.2, 0) is 23.9 Å². The van der Waals surface area contributed by atoms with Crippen LogP contribution in [0.4, 0.5) is 0 Å².